The molecule has 114 valence electrons. The lowest BCUT2D eigenvalue weighted by Gasteiger charge is -2.30. The lowest BCUT2D eigenvalue weighted by atomic mass is 10.2. The molecule has 2 atom stereocenters. The van der Waals surface area contributed by atoms with Crippen LogP contribution in [0.25, 0.3) is 0 Å². The zero-order valence-electron chi connectivity index (χ0n) is 11.8. The Hall–Kier alpha value is -1.40. The van der Waals surface area contributed by atoms with Crippen LogP contribution >= 0.6 is 23.4 Å². The summed E-state index contributed by atoms with van der Waals surface area (Å²) in [4.78, 5) is 26.7. The van der Waals surface area contributed by atoms with Crippen molar-refractivity contribution >= 4 is 35.4 Å². The first-order valence-corrected chi connectivity index (χ1v) is 7.95. The molecule has 1 aliphatic rings. The number of urea groups is 1. The predicted octanol–water partition coefficient (Wildman–Crippen LogP) is 2.74. The van der Waals surface area contributed by atoms with Crippen LogP contribution in [0.15, 0.2) is 24.3 Å². The van der Waals surface area contributed by atoms with Crippen LogP contribution < -0.4 is 0 Å². The van der Waals surface area contributed by atoms with Gasteiger partial charge in [0.1, 0.15) is 6.04 Å². The highest BCUT2D eigenvalue weighted by atomic mass is 35.5. The summed E-state index contributed by atoms with van der Waals surface area (Å²) in [6.07, 6.45) is 0. The molecule has 0 bridgehead atoms. The highest BCUT2D eigenvalue weighted by molar-refractivity contribution is 8.00. The molecule has 7 heteroatoms. The lowest BCUT2D eigenvalue weighted by molar-refractivity contribution is -0.141. The number of carbonyl (C=O) groups excluding carboxylic acids is 1. The quantitative estimate of drug-likeness (QED) is 0.926. The summed E-state index contributed by atoms with van der Waals surface area (Å²) in [5.41, 5.74) is 0.835. The van der Waals surface area contributed by atoms with Gasteiger partial charge in [0.25, 0.3) is 0 Å². The fourth-order valence-electron chi connectivity index (χ4n) is 2.27. The highest BCUT2D eigenvalue weighted by Gasteiger charge is 2.40. The largest absolute Gasteiger partial charge is 0.480 e. The van der Waals surface area contributed by atoms with Gasteiger partial charge in [0.15, 0.2) is 0 Å². The van der Waals surface area contributed by atoms with Crippen molar-refractivity contribution in [2.45, 2.75) is 24.9 Å². The average Bonchev–Trinajstić information content (AvgIpc) is 2.82. The van der Waals surface area contributed by atoms with E-state index in [-0.39, 0.29) is 11.4 Å². The first-order valence-electron chi connectivity index (χ1n) is 6.53. The third kappa shape index (κ3) is 3.44. The Labute approximate surface area is 132 Å². The Balaban J connectivity index is 2.11. The van der Waals surface area contributed by atoms with Gasteiger partial charge < -0.3 is 10.0 Å². The van der Waals surface area contributed by atoms with Crippen molar-refractivity contribution in [3.05, 3.63) is 34.9 Å². The summed E-state index contributed by atoms with van der Waals surface area (Å²) < 4.78 is 0. The van der Waals surface area contributed by atoms with Crippen molar-refractivity contribution in [2.75, 3.05) is 12.8 Å². The van der Waals surface area contributed by atoms with Crippen molar-refractivity contribution in [1.82, 2.24) is 9.80 Å². The van der Waals surface area contributed by atoms with E-state index in [4.69, 9.17) is 11.6 Å². The summed E-state index contributed by atoms with van der Waals surface area (Å²) in [6, 6.07) is 6.24. The van der Waals surface area contributed by atoms with E-state index < -0.39 is 12.0 Å². The number of halogens is 1. The molecular formula is C14H17ClN2O3S. The molecule has 2 amide bonds. The van der Waals surface area contributed by atoms with Gasteiger partial charge in [0.2, 0.25) is 0 Å². The molecule has 1 N–H and O–H groups in total. The first kappa shape index (κ1) is 16.0. The number of carboxylic acid groups (broad SMARTS) is 1. The van der Waals surface area contributed by atoms with E-state index in [1.807, 2.05) is 25.1 Å². The van der Waals surface area contributed by atoms with Crippen LogP contribution in [0.4, 0.5) is 4.79 Å². The molecule has 0 saturated carbocycles. The fraction of sp³-hybridized carbons (Fsp3) is 0.429. The van der Waals surface area contributed by atoms with Crippen LogP contribution in [0.1, 0.15) is 12.5 Å². The Morgan fingerprint density at radius 1 is 1.48 bits per heavy atom. The predicted molar refractivity (Wildman–Crippen MR) is 83.5 cm³/mol. The number of rotatable bonds is 3. The lowest BCUT2D eigenvalue weighted by Crippen LogP contribution is -2.49. The molecule has 21 heavy (non-hydrogen) atoms. The molecule has 5 nitrogen and oxygen atoms in total. The van der Waals surface area contributed by atoms with Crippen LogP contribution in [0.3, 0.4) is 0 Å². The Bertz CT molecular complexity index is 555. The van der Waals surface area contributed by atoms with Crippen LogP contribution in [0.2, 0.25) is 5.02 Å². The number of carboxylic acids is 1. The molecule has 1 fully saturated rings. The van der Waals surface area contributed by atoms with E-state index in [1.54, 1.807) is 13.1 Å². The monoisotopic (exact) mass is 328 g/mol. The van der Waals surface area contributed by atoms with Gasteiger partial charge in [-0.3, -0.25) is 4.90 Å². The summed E-state index contributed by atoms with van der Waals surface area (Å²) in [5.74, 6) is -0.548. The molecule has 1 heterocycles. The second-order valence-corrected chi connectivity index (χ2v) is 6.68. The molecule has 0 radical (unpaired) electrons. The first-order chi connectivity index (χ1) is 9.91. The van der Waals surface area contributed by atoms with Crippen molar-refractivity contribution in [1.29, 1.82) is 0 Å². The van der Waals surface area contributed by atoms with Gasteiger partial charge in [-0.25, -0.2) is 9.59 Å². The van der Waals surface area contributed by atoms with Crippen LogP contribution in [-0.2, 0) is 11.3 Å². The number of hydrogen-bond acceptors (Lipinski definition) is 3. The SMILES string of the molecule is CC1SCC(C(=O)O)N1C(=O)N(C)Cc1ccccc1Cl. The van der Waals surface area contributed by atoms with Crippen molar-refractivity contribution in [2.24, 2.45) is 0 Å². The Kier molecular flexibility index (Phi) is 5.00. The number of hydrogen-bond donors (Lipinski definition) is 1. The smallest absolute Gasteiger partial charge is 0.327 e. The Morgan fingerprint density at radius 3 is 2.76 bits per heavy atom. The third-order valence-corrected chi connectivity index (χ3v) is 5.01. The molecule has 1 saturated heterocycles. The molecule has 0 aromatic heterocycles. The summed E-state index contributed by atoms with van der Waals surface area (Å²) in [5, 5.41) is 9.67. The number of amides is 2. The number of benzene rings is 1. The summed E-state index contributed by atoms with van der Waals surface area (Å²) in [6.45, 7) is 2.19. The molecule has 0 aliphatic carbocycles. The van der Waals surface area contributed by atoms with E-state index in [9.17, 15) is 14.7 Å². The fourth-order valence-corrected chi connectivity index (χ4v) is 3.63. The van der Waals surface area contributed by atoms with E-state index in [0.717, 1.165) is 5.56 Å². The number of aliphatic carboxylic acids is 1. The third-order valence-electron chi connectivity index (χ3n) is 3.42. The second-order valence-electron chi connectivity index (χ2n) is 4.92. The topological polar surface area (TPSA) is 60.9 Å². The minimum absolute atomic E-state index is 0.146. The van der Waals surface area contributed by atoms with Gasteiger partial charge in [-0.1, -0.05) is 29.8 Å². The maximum absolute atomic E-state index is 12.5. The van der Waals surface area contributed by atoms with Gasteiger partial charge in [0, 0.05) is 24.4 Å². The van der Waals surface area contributed by atoms with Gasteiger partial charge >= 0.3 is 12.0 Å². The van der Waals surface area contributed by atoms with Crippen molar-refractivity contribution in [3.63, 3.8) is 0 Å². The van der Waals surface area contributed by atoms with E-state index in [0.29, 0.717) is 17.3 Å². The maximum Gasteiger partial charge on any atom is 0.327 e. The minimum atomic E-state index is -0.966. The molecule has 2 unspecified atom stereocenters. The van der Waals surface area contributed by atoms with E-state index >= 15 is 0 Å². The molecule has 0 spiro atoms. The van der Waals surface area contributed by atoms with E-state index in [2.05, 4.69) is 0 Å². The van der Waals surface area contributed by atoms with Gasteiger partial charge in [0.05, 0.1) is 5.37 Å². The average molecular weight is 329 g/mol. The van der Waals surface area contributed by atoms with Crippen LogP contribution in [0, 0.1) is 0 Å². The van der Waals surface area contributed by atoms with Crippen LogP contribution in [0.5, 0.6) is 0 Å². The molecule has 1 aliphatic heterocycles. The van der Waals surface area contributed by atoms with Crippen molar-refractivity contribution < 1.29 is 14.7 Å². The summed E-state index contributed by atoms with van der Waals surface area (Å²) >= 11 is 7.56. The van der Waals surface area contributed by atoms with Crippen molar-refractivity contribution in [3.8, 4) is 0 Å². The summed E-state index contributed by atoms with van der Waals surface area (Å²) in [7, 11) is 1.65. The molecule has 1 aromatic rings. The minimum Gasteiger partial charge on any atom is -0.480 e. The van der Waals surface area contributed by atoms with Gasteiger partial charge in [-0.05, 0) is 18.6 Å². The maximum atomic E-state index is 12.5. The number of carbonyl (C=O) groups is 2. The molecule has 1 aromatic carbocycles. The van der Waals surface area contributed by atoms with Gasteiger partial charge in [-0.15, -0.1) is 11.8 Å². The molecular weight excluding hydrogens is 312 g/mol. The van der Waals surface area contributed by atoms with Crippen LogP contribution in [-0.4, -0.2) is 51.1 Å². The Morgan fingerprint density at radius 2 is 2.14 bits per heavy atom. The van der Waals surface area contributed by atoms with E-state index in [1.165, 1.54) is 21.6 Å². The highest BCUT2D eigenvalue weighted by Crippen LogP contribution is 2.30. The second kappa shape index (κ2) is 6.58. The zero-order valence-corrected chi connectivity index (χ0v) is 13.4. The number of nitrogens with zero attached hydrogens (tertiary/aromatic N) is 2. The molecule has 2 rings (SSSR count). The number of thioether (sulfide) groups is 1. The van der Waals surface area contributed by atoms with Gasteiger partial charge in [-0.2, -0.15) is 0 Å². The standard InChI is InChI=1S/C14H17ClN2O3S/c1-9-17(12(8-21-9)13(18)19)14(20)16(2)7-10-5-3-4-6-11(10)15/h3-6,9,12H,7-8H2,1-2H3,(H,18,19). The normalized spacial score (nSPS) is 21.4. The zero-order chi connectivity index (χ0) is 15.6.